The fraction of sp³-hybridized carbons (Fsp3) is 0.125. The Bertz CT molecular complexity index is 652. The highest BCUT2D eigenvalue weighted by atomic mass is 79.9. The number of benzene rings is 2. The minimum absolute atomic E-state index is 0.692. The summed E-state index contributed by atoms with van der Waals surface area (Å²) in [7, 11) is 3.25. The maximum atomic E-state index is 5.32. The van der Waals surface area contributed by atoms with E-state index >= 15 is 0 Å². The van der Waals surface area contributed by atoms with Crippen LogP contribution in [0.2, 0.25) is 0 Å². The fourth-order valence-corrected chi connectivity index (χ4v) is 2.42. The van der Waals surface area contributed by atoms with E-state index in [1.165, 1.54) is 0 Å². The van der Waals surface area contributed by atoms with E-state index < -0.39 is 0 Å². The van der Waals surface area contributed by atoms with Crippen LogP contribution in [-0.4, -0.2) is 14.2 Å². The molecular weight excluding hydrogens is 398 g/mol. The fourth-order valence-electron chi connectivity index (χ4n) is 1.92. The lowest BCUT2D eigenvalue weighted by Gasteiger charge is -2.13. The van der Waals surface area contributed by atoms with Crippen LogP contribution in [-0.2, 0) is 0 Å². The number of hydrogen-bond acceptors (Lipinski definition) is 3. The van der Waals surface area contributed by atoms with Crippen LogP contribution < -0.4 is 14.8 Å². The van der Waals surface area contributed by atoms with Crippen molar-refractivity contribution in [2.75, 3.05) is 19.5 Å². The quantitative estimate of drug-likeness (QED) is 0.699. The van der Waals surface area contributed by atoms with Gasteiger partial charge < -0.3 is 14.8 Å². The molecule has 1 N–H and O–H groups in total. The topological polar surface area (TPSA) is 30.5 Å². The summed E-state index contributed by atoms with van der Waals surface area (Å²) in [6, 6.07) is 13.8. The number of anilines is 2. The van der Waals surface area contributed by atoms with Crippen LogP contribution >= 0.6 is 31.9 Å². The number of para-hydroxylation sites is 1. The Morgan fingerprint density at radius 2 is 1.71 bits per heavy atom. The molecular formula is C16H15Br2NO2. The van der Waals surface area contributed by atoms with E-state index in [9.17, 15) is 0 Å². The zero-order chi connectivity index (χ0) is 15.2. The van der Waals surface area contributed by atoms with Gasteiger partial charge in [0.15, 0.2) is 11.5 Å². The van der Waals surface area contributed by atoms with Gasteiger partial charge in [-0.25, -0.2) is 0 Å². The van der Waals surface area contributed by atoms with E-state index in [1.807, 2.05) is 48.5 Å². The van der Waals surface area contributed by atoms with E-state index in [-0.39, 0.29) is 0 Å². The molecule has 3 nitrogen and oxygen atoms in total. The number of hydrogen-bond donors (Lipinski definition) is 1. The minimum atomic E-state index is 0.692. The number of rotatable bonds is 5. The van der Waals surface area contributed by atoms with Crippen molar-refractivity contribution in [1.82, 2.24) is 0 Å². The molecule has 0 bridgehead atoms. The Labute approximate surface area is 141 Å². The number of methoxy groups -OCH3 is 2. The zero-order valence-electron chi connectivity index (χ0n) is 11.7. The molecule has 110 valence electrons. The van der Waals surface area contributed by atoms with E-state index in [0.29, 0.717) is 11.5 Å². The summed E-state index contributed by atoms with van der Waals surface area (Å²) in [5.74, 6) is 1.40. The maximum Gasteiger partial charge on any atom is 0.162 e. The molecule has 0 amide bonds. The molecule has 0 radical (unpaired) electrons. The molecule has 0 fully saturated rings. The molecule has 2 rings (SSSR count). The Morgan fingerprint density at radius 3 is 2.38 bits per heavy atom. The van der Waals surface area contributed by atoms with Crippen molar-refractivity contribution < 1.29 is 9.47 Å². The molecule has 0 spiro atoms. The van der Waals surface area contributed by atoms with Gasteiger partial charge in [0, 0.05) is 17.4 Å². The van der Waals surface area contributed by atoms with Gasteiger partial charge in [0.1, 0.15) is 0 Å². The molecule has 2 aromatic rings. The Morgan fingerprint density at radius 1 is 1.00 bits per heavy atom. The summed E-state index contributed by atoms with van der Waals surface area (Å²) in [6.45, 7) is 0. The van der Waals surface area contributed by atoms with Crippen LogP contribution in [0.15, 0.2) is 45.9 Å². The number of nitrogens with one attached hydrogen (secondary N) is 1. The minimum Gasteiger partial charge on any atom is -0.493 e. The molecule has 0 heterocycles. The molecule has 0 aliphatic heterocycles. The smallest absolute Gasteiger partial charge is 0.162 e. The van der Waals surface area contributed by atoms with Crippen LogP contribution in [0.1, 0.15) is 5.56 Å². The van der Waals surface area contributed by atoms with Gasteiger partial charge in [0.2, 0.25) is 0 Å². The van der Waals surface area contributed by atoms with E-state index in [2.05, 4.69) is 37.2 Å². The lowest BCUT2D eigenvalue weighted by molar-refractivity contribution is 0.355. The van der Waals surface area contributed by atoms with Gasteiger partial charge in [0.05, 0.1) is 17.6 Å². The van der Waals surface area contributed by atoms with Crippen molar-refractivity contribution in [3.05, 3.63) is 51.4 Å². The van der Waals surface area contributed by atoms with E-state index in [1.54, 1.807) is 14.2 Å². The predicted molar refractivity (Wildman–Crippen MR) is 95.1 cm³/mol. The summed E-state index contributed by atoms with van der Waals surface area (Å²) >= 11 is 6.77. The molecule has 0 unspecified atom stereocenters. The maximum absolute atomic E-state index is 5.32. The average Bonchev–Trinajstić information content (AvgIpc) is 2.48. The van der Waals surface area contributed by atoms with Crippen molar-refractivity contribution in [3.63, 3.8) is 0 Å². The second-order valence-corrected chi connectivity index (χ2v) is 6.99. The van der Waals surface area contributed by atoms with E-state index in [4.69, 9.17) is 9.47 Å². The van der Waals surface area contributed by atoms with Crippen LogP contribution in [0.5, 0.6) is 11.5 Å². The molecule has 2 aromatic carbocycles. The number of halogens is 2. The van der Waals surface area contributed by atoms with Gasteiger partial charge in [-0.1, -0.05) is 18.2 Å². The molecule has 0 aliphatic rings. The van der Waals surface area contributed by atoms with Gasteiger partial charge in [0.25, 0.3) is 0 Å². The summed E-state index contributed by atoms with van der Waals surface area (Å²) in [4.78, 5) is 0. The van der Waals surface area contributed by atoms with Gasteiger partial charge >= 0.3 is 0 Å². The summed E-state index contributed by atoms with van der Waals surface area (Å²) in [5, 5.41) is 3.38. The normalized spacial score (nSPS) is 9.90. The van der Waals surface area contributed by atoms with Crippen molar-refractivity contribution in [2.45, 2.75) is 0 Å². The zero-order valence-corrected chi connectivity index (χ0v) is 14.9. The van der Waals surface area contributed by atoms with Gasteiger partial charge in [-0.15, -0.1) is 0 Å². The largest absolute Gasteiger partial charge is 0.493 e. The average molecular weight is 413 g/mol. The molecule has 5 heteroatoms. The first kappa shape index (κ1) is 15.9. The Balaban J connectivity index is 2.32. The predicted octanol–water partition coefficient (Wildman–Crippen LogP) is 5.54. The highest BCUT2D eigenvalue weighted by molar-refractivity contribution is 9.28. The summed E-state index contributed by atoms with van der Waals surface area (Å²) < 4.78 is 11.4. The van der Waals surface area contributed by atoms with Crippen LogP contribution in [0.3, 0.4) is 0 Å². The summed E-state index contributed by atoms with van der Waals surface area (Å²) in [6.07, 6.45) is 1.99. The third-order valence-electron chi connectivity index (χ3n) is 2.89. The van der Waals surface area contributed by atoms with Gasteiger partial charge in [-0.2, -0.15) is 0 Å². The van der Waals surface area contributed by atoms with E-state index in [0.717, 1.165) is 20.3 Å². The first-order chi connectivity index (χ1) is 10.1. The lowest BCUT2D eigenvalue weighted by Crippen LogP contribution is -1.95. The molecule has 0 saturated heterocycles. The second kappa shape index (κ2) is 7.52. The van der Waals surface area contributed by atoms with Crippen LogP contribution in [0.4, 0.5) is 11.4 Å². The highest BCUT2D eigenvalue weighted by Gasteiger charge is 2.06. The SMILES string of the molecule is COc1ccc(Nc2ccccc2C=C(Br)Br)cc1OC. The third-order valence-corrected chi connectivity index (χ3v) is 3.35. The molecule has 0 saturated carbocycles. The first-order valence-electron chi connectivity index (χ1n) is 6.25. The Kier molecular flexibility index (Phi) is 5.70. The highest BCUT2D eigenvalue weighted by Crippen LogP contribution is 2.32. The van der Waals surface area contributed by atoms with Crippen molar-refractivity contribution >= 4 is 49.3 Å². The second-order valence-electron chi connectivity index (χ2n) is 4.22. The van der Waals surface area contributed by atoms with Gasteiger partial charge in [-0.05, 0) is 61.7 Å². The lowest BCUT2D eigenvalue weighted by atomic mass is 10.1. The molecule has 0 atom stereocenters. The molecule has 21 heavy (non-hydrogen) atoms. The first-order valence-corrected chi connectivity index (χ1v) is 7.83. The third kappa shape index (κ3) is 4.25. The van der Waals surface area contributed by atoms with Crippen molar-refractivity contribution in [2.24, 2.45) is 0 Å². The van der Waals surface area contributed by atoms with Crippen LogP contribution in [0.25, 0.3) is 6.08 Å². The monoisotopic (exact) mass is 411 g/mol. The van der Waals surface area contributed by atoms with Gasteiger partial charge in [-0.3, -0.25) is 0 Å². The molecule has 0 aromatic heterocycles. The van der Waals surface area contributed by atoms with Crippen molar-refractivity contribution in [1.29, 1.82) is 0 Å². The number of ether oxygens (including phenoxy) is 2. The summed E-state index contributed by atoms with van der Waals surface area (Å²) in [5.41, 5.74) is 3.00. The Hall–Kier alpha value is -1.46. The van der Waals surface area contributed by atoms with Crippen LogP contribution in [0, 0.1) is 0 Å². The van der Waals surface area contributed by atoms with Crippen molar-refractivity contribution in [3.8, 4) is 11.5 Å². The standard InChI is InChI=1S/C16H15Br2NO2/c1-20-14-8-7-12(10-15(14)21-2)19-13-6-4-3-5-11(13)9-16(17)18/h3-10,19H,1-2H3. The molecule has 0 aliphatic carbocycles.